The first-order valence-electron chi connectivity index (χ1n) is 4.74. The summed E-state index contributed by atoms with van der Waals surface area (Å²) in [5.74, 6) is -2.85. The molecule has 2 heterocycles. The van der Waals surface area contributed by atoms with Gasteiger partial charge in [-0.05, 0) is 31.5 Å². The molecule has 1 aromatic heterocycles. The molecule has 1 saturated heterocycles. The second-order valence-corrected chi connectivity index (χ2v) is 3.49. The summed E-state index contributed by atoms with van der Waals surface area (Å²) < 4.78 is 27.5. The molecule has 1 atom stereocenters. The quantitative estimate of drug-likeness (QED) is 0.785. The SMILES string of the molecule is FC(F)(c1ccccn1)C1CCCN1. The summed E-state index contributed by atoms with van der Waals surface area (Å²) in [6.07, 6.45) is 2.73. The number of rotatable bonds is 2. The van der Waals surface area contributed by atoms with E-state index in [9.17, 15) is 8.78 Å². The molecule has 0 saturated carbocycles. The first kappa shape index (κ1) is 9.52. The van der Waals surface area contributed by atoms with Gasteiger partial charge in [-0.3, -0.25) is 4.98 Å². The molecule has 14 heavy (non-hydrogen) atoms. The monoisotopic (exact) mass is 198 g/mol. The Balaban J connectivity index is 2.22. The van der Waals surface area contributed by atoms with Crippen molar-refractivity contribution in [2.45, 2.75) is 24.8 Å². The first-order chi connectivity index (χ1) is 6.71. The van der Waals surface area contributed by atoms with Gasteiger partial charge in [-0.15, -0.1) is 0 Å². The maximum absolute atomic E-state index is 13.7. The molecule has 2 nitrogen and oxygen atoms in total. The minimum Gasteiger partial charge on any atom is -0.308 e. The van der Waals surface area contributed by atoms with Gasteiger partial charge in [0, 0.05) is 6.20 Å². The zero-order valence-corrected chi connectivity index (χ0v) is 7.71. The Bertz CT molecular complexity index is 294. The van der Waals surface area contributed by atoms with E-state index < -0.39 is 12.0 Å². The van der Waals surface area contributed by atoms with Crippen LogP contribution in [0.15, 0.2) is 24.4 Å². The Labute approximate surface area is 81.4 Å². The summed E-state index contributed by atoms with van der Waals surface area (Å²) in [6.45, 7) is 0.674. The number of halogens is 2. The average Bonchev–Trinajstić information content (AvgIpc) is 2.72. The lowest BCUT2D eigenvalue weighted by Gasteiger charge is -2.22. The minimum absolute atomic E-state index is 0.139. The Morgan fingerprint density at radius 2 is 2.29 bits per heavy atom. The highest BCUT2D eigenvalue weighted by atomic mass is 19.3. The number of pyridine rings is 1. The van der Waals surface area contributed by atoms with Gasteiger partial charge >= 0.3 is 5.92 Å². The predicted octanol–water partition coefficient (Wildman–Crippen LogP) is 1.93. The number of nitrogens with zero attached hydrogens (tertiary/aromatic N) is 1. The normalized spacial score (nSPS) is 22.6. The summed E-state index contributed by atoms with van der Waals surface area (Å²) in [6, 6.07) is 3.85. The molecular weight excluding hydrogens is 186 g/mol. The van der Waals surface area contributed by atoms with Crippen molar-refractivity contribution < 1.29 is 8.78 Å². The molecule has 0 aromatic carbocycles. The van der Waals surface area contributed by atoms with E-state index in [1.807, 2.05) is 0 Å². The zero-order valence-electron chi connectivity index (χ0n) is 7.71. The second kappa shape index (κ2) is 3.61. The van der Waals surface area contributed by atoms with Gasteiger partial charge in [0.15, 0.2) is 0 Å². The molecule has 0 aliphatic carbocycles. The lowest BCUT2D eigenvalue weighted by molar-refractivity contribution is -0.0417. The lowest BCUT2D eigenvalue weighted by Crippen LogP contribution is -2.39. The molecule has 76 valence electrons. The maximum Gasteiger partial charge on any atom is 0.304 e. The van der Waals surface area contributed by atoms with E-state index in [4.69, 9.17) is 0 Å². The van der Waals surface area contributed by atoms with Crippen molar-refractivity contribution in [3.8, 4) is 0 Å². The summed E-state index contributed by atoms with van der Waals surface area (Å²) in [7, 11) is 0. The van der Waals surface area contributed by atoms with Crippen LogP contribution in [0.1, 0.15) is 18.5 Å². The molecule has 0 amide bonds. The third kappa shape index (κ3) is 1.62. The number of nitrogens with one attached hydrogen (secondary N) is 1. The van der Waals surface area contributed by atoms with Crippen molar-refractivity contribution >= 4 is 0 Å². The van der Waals surface area contributed by atoms with Crippen LogP contribution in [0.25, 0.3) is 0 Å². The topological polar surface area (TPSA) is 24.9 Å². The Kier molecular flexibility index (Phi) is 2.46. The van der Waals surface area contributed by atoms with E-state index in [0.29, 0.717) is 13.0 Å². The number of hydrogen-bond donors (Lipinski definition) is 1. The van der Waals surface area contributed by atoms with E-state index in [1.165, 1.54) is 12.3 Å². The van der Waals surface area contributed by atoms with E-state index in [1.54, 1.807) is 12.1 Å². The molecule has 0 radical (unpaired) electrons. The first-order valence-corrected chi connectivity index (χ1v) is 4.74. The molecule has 2 rings (SSSR count). The van der Waals surface area contributed by atoms with Crippen molar-refractivity contribution in [3.05, 3.63) is 30.1 Å². The number of alkyl halides is 2. The predicted molar refractivity (Wildman–Crippen MR) is 49.2 cm³/mol. The molecule has 1 N–H and O–H groups in total. The highest BCUT2D eigenvalue weighted by Crippen LogP contribution is 2.33. The fourth-order valence-corrected chi connectivity index (χ4v) is 1.73. The van der Waals surface area contributed by atoms with Crippen LogP contribution in [0.4, 0.5) is 8.78 Å². The average molecular weight is 198 g/mol. The van der Waals surface area contributed by atoms with Crippen molar-refractivity contribution in [2.24, 2.45) is 0 Å². The Hall–Kier alpha value is -1.03. The largest absolute Gasteiger partial charge is 0.308 e. The van der Waals surface area contributed by atoms with E-state index in [0.717, 1.165) is 6.42 Å². The highest BCUT2D eigenvalue weighted by molar-refractivity contribution is 5.13. The third-order valence-corrected chi connectivity index (χ3v) is 2.50. The Morgan fingerprint density at radius 3 is 2.86 bits per heavy atom. The van der Waals surface area contributed by atoms with Crippen molar-refractivity contribution in [2.75, 3.05) is 6.54 Å². The summed E-state index contributed by atoms with van der Waals surface area (Å²) in [4.78, 5) is 3.70. The van der Waals surface area contributed by atoms with Crippen molar-refractivity contribution in [3.63, 3.8) is 0 Å². The molecule has 4 heteroatoms. The number of aromatic nitrogens is 1. The zero-order chi connectivity index (χ0) is 10.0. The van der Waals surface area contributed by atoms with Crippen LogP contribution in [0.3, 0.4) is 0 Å². The van der Waals surface area contributed by atoms with Crippen molar-refractivity contribution in [1.82, 2.24) is 10.3 Å². The summed E-state index contributed by atoms with van der Waals surface area (Å²) in [5.41, 5.74) is -0.139. The van der Waals surface area contributed by atoms with Gasteiger partial charge in [0.1, 0.15) is 5.69 Å². The van der Waals surface area contributed by atoms with Crippen molar-refractivity contribution in [1.29, 1.82) is 0 Å². The molecule has 1 fully saturated rings. The van der Waals surface area contributed by atoms with Crippen LogP contribution in [0, 0.1) is 0 Å². The molecule has 1 unspecified atom stereocenters. The van der Waals surface area contributed by atoms with Crippen LogP contribution < -0.4 is 5.32 Å². The Morgan fingerprint density at radius 1 is 1.43 bits per heavy atom. The van der Waals surface area contributed by atoms with Gasteiger partial charge < -0.3 is 5.32 Å². The fraction of sp³-hybridized carbons (Fsp3) is 0.500. The highest BCUT2D eigenvalue weighted by Gasteiger charge is 2.43. The second-order valence-electron chi connectivity index (χ2n) is 3.49. The minimum atomic E-state index is -2.85. The summed E-state index contributed by atoms with van der Waals surface area (Å²) in [5, 5.41) is 2.81. The van der Waals surface area contributed by atoms with Gasteiger partial charge in [0.05, 0.1) is 6.04 Å². The van der Waals surface area contributed by atoms with E-state index >= 15 is 0 Å². The van der Waals surface area contributed by atoms with Crippen LogP contribution in [0.5, 0.6) is 0 Å². The van der Waals surface area contributed by atoms with E-state index in [2.05, 4.69) is 10.3 Å². The molecule has 1 aliphatic rings. The van der Waals surface area contributed by atoms with Crippen LogP contribution in [-0.2, 0) is 5.92 Å². The molecule has 1 aliphatic heterocycles. The summed E-state index contributed by atoms with van der Waals surface area (Å²) >= 11 is 0. The lowest BCUT2D eigenvalue weighted by atomic mass is 10.0. The van der Waals surface area contributed by atoms with Gasteiger partial charge in [0.2, 0.25) is 0 Å². The molecule has 0 spiro atoms. The van der Waals surface area contributed by atoms with Gasteiger partial charge in [-0.25, -0.2) is 0 Å². The smallest absolute Gasteiger partial charge is 0.304 e. The van der Waals surface area contributed by atoms with Gasteiger partial charge in [-0.1, -0.05) is 6.07 Å². The molecule has 0 bridgehead atoms. The standard InChI is InChI=1S/C10H12F2N2/c11-10(12,9-5-3-7-14-9)8-4-1-2-6-13-8/h1-2,4,6,9,14H,3,5,7H2. The van der Waals surface area contributed by atoms with Crippen LogP contribution in [0.2, 0.25) is 0 Å². The van der Waals surface area contributed by atoms with Crippen LogP contribution >= 0.6 is 0 Å². The van der Waals surface area contributed by atoms with E-state index in [-0.39, 0.29) is 5.69 Å². The molecular formula is C10H12F2N2. The molecule has 1 aromatic rings. The van der Waals surface area contributed by atoms with Gasteiger partial charge in [-0.2, -0.15) is 8.78 Å². The fourth-order valence-electron chi connectivity index (χ4n) is 1.73. The number of hydrogen-bond acceptors (Lipinski definition) is 2. The van der Waals surface area contributed by atoms with Crippen LogP contribution in [-0.4, -0.2) is 17.6 Å². The third-order valence-electron chi connectivity index (χ3n) is 2.50. The van der Waals surface area contributed by atoms with Gasteiger partial charge in [0.25, 0.3) is 0 Å². The maximum atomic E-state index is 13.7.